The quantitative estimate of drug-likeness (QED) is 0.608. The van der Waals surface area contributed by atoms with Crippen LogP contribution in [0.15, 0.2) is 0 Å². The molecule has 1 atom stereocenters. The molecule has 0 saturated heterocycles. The third kappa shape index (κ3) is 3.28. The number of carbonyl (C=O) groups is 1. The third-order valence-corrected chi connectivity index (χ3v) is 2.00. The van der Waals surface area contributed by atoms with Crippen LogP contribution in [0.2, 0.25) is 0 Å². The molecule has 0 bridgehead atoms. The lowest BCUT2D eigenvalue weighted by atomic mass is 10.5. The van der Waals surface area contributed by atoms with Gasteiger partial charge < -0.3 is 5.32 Å². The van der Waals surface area contributed by atoms with Gasteiger partial charge in [0.05, 0.1) is 0 Å². The maximum atomic E-state index is 11.1. The topological polar surface area (TPSA) is 101 Å². The van der Waals surface area contributed by atoms with Gasteiger partial charge in [-0.2, -0.15) is 5.21 Å². The summed E-state index contributed by atoms with van der Waals surface area (Å²) >= 11 is 0. The Morgan fingerprint density at radius 2 is 2.46 bits per heavy atom. The van der Waals surface area contributed by atoms with Crippen LogP contribution in [-0.4, -0.2) is 49.3 Å². The summed E-state index contributed by atoms with van der Waals surface area (Å²) in [5.41, 5.74) is 0. The van der Waals surface area contributed by atoms with Gasteiger partial charge in [-0.15, -0.1) is 10.2 Å². The Balaban J connectivity index is 2.31. The van der Waals surface area contributed by atoms with Crippen molar-refractivity contribution < 1.29 is 9.00 Å². The molecule has 0 spiro atoms. The summed E-state index contributed by atoms with van der Waals surface area (Å²) in [6.45, 7) is 0.344. The molecule has 0 aromatic carbocycles. The Morgan fingerprint density at radius 1 is 1.69 bits per heavy atom. The van der Waals surface area contributed by atoms with Crippen LogP contribution in [0.3, 0.4) is 0 Å². The van der Waals surface area contributed by atoms with Crippen molar-refractivity contribution in [3.05, 3.63) is 5.82 Å². The minimum atomic E-state index is -0.908. The van der Waals surface area contributed by atoms with Crippen LogP contribution >= 0.6 is 0 Å². The van der Waals surface area contributed by atoms with Crippen molar-refractivity contribution in [3.8, 4) is 0 Å². The van der Waals surface area contributed by atoms with E-state index in [2.05, 4.69) is 25.9 Å². The first-order chi connectivity index (χ1) is 6.20. The molecule has 0 aliphatic heterocycles. The second-order valence-electron chi connectivity index (χ2n) is 2.27. The molecule has 1 aromatic rings. The molecule has 7 nitrogen and oxygen atoms in total. The van der Waals surface area contributed by atoms with Gasteiger partial charge in [0.15, 0.2) is 0 Å². The fraction of sp³-hybridized carbons (Fsp3) is 0.600. The molecule has 13 heavy (non-hydrogen) atoms. The molecule has 0 saturated carbocycles. The number of H-pyrrole nitrogens is 1. The normalized spacial score (nSPS) is 12.4. The highest BCUT2D eigenvalue weighted by Crippen LogP contribution is 1.82. The predicted octanol–water partition coefficient (Wildman–Crippen LogP) is -1.69. The van der Waals surface area contributed by atoms with Crippen molar-refractivity contribution in [2.45, 2.75) is 0 Å². The Morgan fingerprint density at radius 3 is 3.00 bits per heavy atom. The number of carbonyl (C=O) groups excluding carboxylic acids is 1. The molecule has 1 aromatic heterocycles. The lowest BCUT2D eigenvalue weighted by Gasteiger charge is -1.98. The number of amides is 1. The number of nitrogens with one attached hydrogen (secondary N) is 2. The molecule has 1 amide bonds. The van der Waals surface area contributed by atoms with Gasteiger partial charge >= 0.3 is 0 Å². The molecule has 72 valence electrons. The lowest BCUT2D eigenvalue weighted by molar-refractivity contribution is 0.0946. The van der Waals surface area contributed by atoms with Crippen molar-refractivity contribution >= 4 is 16.7 Å². The number of aromatic nitrogens is 4. The fourth-order valence-corrected chi connectivity index (χ4v) is 1.03. The molecule has 0 fully saturated rings. The molecule has 2 N–H and O–H groups in total. The van der Waals surface area contributed by atoms with E-state index >= 15 is 0 Å². The maximum absolute atomic E-state index is 11.1. The Hall–Kier alpha value is -1.31. The van der Waals surface area contributed by atoms with Crippen LogP contribution in [0.25, 0.3) is 0 Å². The summed E-state index contributed by atoms with van der Waals surface area (Å²) in [6.07, 6.45) is 1.57. The smallest absolute Gasteiger partial charge is 0.292 e. The lowest BCUT2D eigenvalue weighted by Crippen LogP contribution is -2.28. The minimum Gasteiger partial charge on any atom is -0.348 e. The monoisotopic (exact) mass is 203 g/mol. The number of nitrogens with zero attached hydrogens (tertiary/aromatic N) is 3. The largest absolute Gasteiger partial charge is 0.348 e. The van der Waals surface area contributed by atoms with Crippen LogP contribution in [0, 0.1) is 0 Å². The van der Waals surface area contributed by atoms with Crippen LogP contribution in [0.5, 0.6) is 0 Å². The molecule has 1 heterocycles. The van der Waals surface area contributed by atoms with E-state index in [0.29, 0.717) is 12.3 Å². The minimum absolute atomic E-state index is 0.0121. The second-order valence-corrected chi connectivity index (χ2v) is 3.82. The SMILES string of the molecule is CS(=O)CCNC(=O)c1nn[nH]n1. The highest BCUT2D eigenvalue weighted by Gasteiger charge is 2.08. The molecule has 0 radical (unpaired) electrons. The first-order valence-corrected chi connectivity index (χ1v) is 5.24. The average molecular weight is 203 g/mol. The van der Waals surface area contributed by atoms with Gasteiger partial charge in [0.1, 0.15) is 0 Å². The van der Waals surface area contributed by atoms with E-state index in [4.69, 9.17) is 0 Å². The number of hydrogen-bond donors (Lipinski definition) is 2. The van der Waals surface area contributed by atoms with Crippen molar-refractivity contribution in [1.29, 1.82) is 0 Å². The summed E-state index contributed by atoms with van der Waals surface area (Å²) in [5.74, 6) is -0.00932. The molecule has 1 rings (SSSR count). The van der Waals surface area contributed by atoms with Crippen molar-refractivity contribution in [2.75, 3.05) is 18.6 Å². The molecule has 0 aliphatic rings. The van der Waals surface area contributed by atoms with Crippen LogP contribution < -0.4 is 5.32 Å². The van der Waals surface area contributed by atoms with E-state index in [9.17, 15) is 9.00 Å². The number of hydrogen-bond acceptors (Lipinski definition) is 5. The van der Waals surface area contributed by atoms with Crippen LogP contribution in [0.4, 0.5) is 0 Å². The molecular weight excluding hydrogens is 194 g/mol. The number of rotatable bonds is 4. The molecule has 1 unspecified atom stereocenters. The predicted molar refractivity (Wildman–Crippen MR) is 45.4 cm³/mol. The standard InChI is InChI=1S/C5H9N5O2S/c1-13(12)3-2-6-5(11)4-7-9-10-8-4/h2-3H2,1H3,(H,6,11)(H,7,8,9,10). The second kappa shape index (κ2) is 4.65. The molecule has 0 aliphatic carbocycles. The average Bonchev–Trinajstić information content (AvgIpc) is 2.55. The molecule has 8 heteroatoms. The van der Waals surface area contributed by atoms with E-state index < -0.39 is 16.7 Å². The first kappa shape index (κ1) is 9.78. The fourth-order valence-electron chi connectivity index (χ4n) is 0.645. The van der Waals surface area contributed by atoms with E-state index in [1.807, 2.05) is 0 Å². The van der Waals surface area contributed by atoms with Gasteiger partial charge in [0.25, 0.3) is 11.7 Å². The van der Waals surface area contributed by atoms with E-state index in [-0.39, 0.29) is 5.82 Å². The van der Waals surface area contributed by atoms with Gasteiger partial charge in [-0.05, 0) is 5.21 Å². The third-order valence-electron chi connectivity index (χ3n) is 1.22. The van der Waals surface area contributed by atoms with Crippen LogP contribution in [0.1, 0.15) is 10.6 Å². The van der Waals surface area contributed by atoms with Crippen molar-refractivity contribution in [1.82, 2.24) is 25.9 Å². The number of tetrazole rings is 1. The van der Waals surface area contributed by atoms with Gasteiger partial charge in [-0.1, -0.05) is 0 Å². The van der Waals surface area contributed by atoms with E-state index in [1.54, 1.807) is 6.26 Å². The van der Waals surface area contributed by atoms with Gasteiger partial charge in [0, 0.05) is 29.4 Å². The van der Waals surface area contributed by atoms with Crippen LogP contribution in [-0.2, 0) is 10.8 Å². The first-order valence-electron chi connectivity index (χ1n) is 3.52. The summed E-state index contributed by atoms with van der Waals surface area (Å²) in [7, 11) is -0.908. The Labute approximate surface area is 76.8 Å². The Kier molecular flexibility index (Phi) is 3.50. The summed E-state index contributed by atoms with van der Waals surface area (Å²) in [6, 6.07) is 0. The van der Waals surface area contributed by atoms with Gasteiger partial charge in [0.2, 0.25) is 0 Å². The zero-order valence-corrected chi connectivity index (χ0v) is 7.80. The van der Waals surface area contributed by atoms with Gasteiger partial charge in [-0.25, -0.2) is 0 Å². The highest BCUT2D eigenvalue weighted by molar-refractivity contribution is 7.84. The van der Waals surface area contributed by atoms with Gasteiger partial charge in [-0.3, -0.25) is 9.00 Å². The highest BCUT2D eigenvalue weighted by atomic mass is 32.2. The van der Waals surface area contributed by atoms with E-state index in [0.717, 1.165) is 0 Å². The zero-order chi connectivity index (χ0) is 9.68. The Bertz CT molecular complexity index is 298. The maximum Gasteiger partial charge on any atom is 0.292 e. The van der Waals surface area contributed by atoms with Crippen molar-refractivity contribution in [3.63, 3.8) is 0 Å². The summed E-state index contributed by atoms with van der Waals surface area (Å²) in [4.78, 5) is 11.1. The zero-order valence-electron chi connectivity index (χ0n) is 6.98. The summed E-state index contributed by atoms with van der Waals surface area (Å²) < 4.78 is 10.6. The summed E-state index contributed by atoms with van der Waals surface area (Å²) in [5, 5.41) is 14.8. The number of aromatic amines is 1. The molecular formula is C5H9N5O2S. The van der Waals surface area contributed by atoms with E-state index in [1.165, 1.54) is 0 Å². The van der Waals surface area contributed by atoms with Crippen molar-refractivity contribution in [2.24, 2.45) is 0 Å².